The predicted molar refractivity (Wildman–Crippen MR) is 158 cm³/mol. The highest BCUT2D eigenvalue weighted by Crippen LogP contribution is 2.77. The third kappa shape index (κ3) is 3.70. The molecular formula is C36H49N. The zero-order chi connectivity index (χ0) is 26.0. The molecule has 0 bridgehead atoms. The van der Waals surface area contributed by atoms with Gasteiger partial charge in [0.15, 0.2) is 0 Å². The van der Waals surface area contributed by atoms with Crippen LogP contribution in [-0.2, 0) is 6.42 Å². The van der Waals surface area contributed by atoms with Gasteiger partial charge < -0.3 is 5.73 Å². The summed E-state index contributed by atoms with van der Waals surface area (Å²) in [4.78, 5) is 0. The van der Waals surface area contributed by atoms with Gasteiger partial charge in [-0.25, -0.2) is 0 Å². The zero-order valence-corrected chi connectivity index (χ0v) is 23.7. The van der Waals surface area contributed by atoms with Crippen LogP contribution in [0.5, 0.6) is 0 Å². The molecule has 0 heterocycles. The van der Waals surface area contributed by atoms with Crippen LogP contribution in [0.25, 0.3) is 0 Å². The van der Waals surface area contributed by atoms with Gasteiger partial charge in [0.25, 0.3) is 0 Å². The van der Waals surface area contributed by atoms with Gasteiger partial charge in [0.2, 0.25) is 0 Å². The Kier molecular flexibility index (Phi) is 6.17. The van der Waals surface area contributed by atoms with E-state index >= 15 is 0 Å². The van der Waals surface area contributed by atoms with Crippen LogP contribution >= 0.6 is 0 Å². The fourth-order valence-electron chi connectivity index (χ4n) is 10.9. The van der Waals surface area contributed by atoms with E-state index < -0.39 is 0 Å². The van der Waals surface area contributed by atoms with Gasteiger partial charge in [-0.2, -0.15) is 0 Å². The molecule has 4 fully saturated rings. The fraction of sp³-hybridized carbons (Fsp3) is 0.611. The van der Waals surface area contributed by atoms with Crippen molar-refractivity contribution in [2.75, 3.05) is 5.73 Å². The SMILES string of the molecule is C=C1C=CC2(C)C(=C1)CCC1C2CCC2(C)C1CC1CC(CCC)CC12C(=C)CCc1ccc(N)cc1. The Morgan fingerprint density at radius 3 is 2.62 bits per heavy atom. The number of aryl methyl sites for hydroxylation is 1. The van der Waals surface area contributed by atoms with E-state index in [1.54, 1.807) is 11.1 Å². The Morgan fingerprint density at radius 2 is 1.86 bits per heavy atom. The summed E-state index contributed by atoms with van der Waals surface area (Å²) in [5.74, 6) is 4.23. The molecule has 0 saturated heterocycles. The number of hydrogen-bond donors (Lipinski definition) is 1. The summed E-state index contributed by atoms with van der Waals surface area (Å²) in [6.45, 7) is 16.9. The number of nitrogens with two attached hydrogens (primary N) is 1. The van der Waals surface area contributed by atoms with E-state index in [-0.39, 0.29) is 5.41 Å². The second kappa shape index (κ2) is 9.03. The fourth-order valence-corrected chi connectivity index (χ4v) is 10.9. The van der Waals surface area contributed by atoms with Crippen LogP contribution in [0.4, 0.5) is 5.69 Å². The van der Waals surface area contributed by atoms with Crippen LogP contribution in [-0.4, -0.2) is 0 Å². The molecule has 198 valence electrons. The van der Waals surface area contributed by atoms with Crippen molar-refractivity contribution in [1.82, 2.24) is 0 Å². The number of benzene rings is 1. The molecule has 0 amide bonds. The van der Waals surface area contributed by atoms with Crippen LogP contribution < -0.4 is 5.73 Å². The first-order valence-electron chi connectivity index (χ1n) is 15.3. The summed E-state index contributed by atoms with van der Waals surface area (Å²) in [6.07, 6.45) is 21.9. The molecule has 1 nitrogen and oxygen atoms in total. The number of hydrogen-bond acceptors (Lipinski definition) is 1. The van der Waals surface area contributed by atoms with Gasteiger partial charge in [-0.05, 0) is 121 Å². The van der Waals surface area contributed by atoms with E-state index in [9.17, 15) is 0 Å². The molecule has 8 atom stereocenters. The smallest absolute Gasteiger partial charge is 0.0314 e. The van der Waals surface area contributed by atoms with E-state index in [0.717, 1.165) is 48.1 Å². The minimum absolute atomic E-state index is 0.243. The molecule has 0 spiro atoms. The van der Waals surface area contributed by atoms with Gasteiger partial charge in [0.05, 0.1) is 0 Å². The lowest BCUT2D eigenvalue weighted by Gasteiger charge is -2.60. The van der Waals surface area contributed by atoms with Crippen molar-refractivity contribution in [3.05, 3.63) is 77.9 Å². The molecule has 4 saturated carbocycles. The number of rotatable bonds is 6. The van der Waals surface area contributed by atoms with Crippen molar-refractivity contribution in [2.24, 2.45) is 45.8 Å². The van der Waals surface area contributed by atoms with Crippen molar-refractivity contribution >= 4 is 5.69 Å². The van der Waals surface area contributed by atoms with Crippen LogP contribution in [0.1, 0.15) is 90.5 Å². The van der Waals surface area contributed by atoms with Gasteiger partial charge in [-0.1, -0.05) is 88.3 Å². The maximum atomic E-state index is 5.97. The standard InChI is InChI=1S/C36H49N/c1-6-7-27-21-29-22-33-31-15-12-28-20-24(2)16-18-34(28,4)32(31)17-19-35(33,5)36(29,23-27)25(3)8-9-26-10-13-30(37)14-11-26/h10-11,13-14,16,18,20,27,29,31-33H,2-3,6-9,12,15,17,19,21-23,37H2,1,4-5H3. The summed E-state index contributed by atoms with van der Waals surface area (Å²) in [7, 11) is 0. The first-order chi connectivity index (χ1) is 17.7. The number of nitrogen functional groups attached to an aromatic ring is 1. The summed E-state index contributed by atoms with van der Waals surface area (Å²) >= 11 is 0. The van der Waals surface area contributed by atoms with Crippen molar-refractivity contribution < 1.29 is 0 Å². The van der Waals surface area contributed by atoms with E-state index in [1.165, 1.54) is 68.9 Å². The highest BCUT2D eigenvalue weighted by molar-refractivity contribution is 5.44. The van der Waals surface area contributed by atoms with E-state index in [4.69, 9.17) is 12.3 Å². The van der Waals surface area contributed by atoms with Crippen molar-refractivity contribution in [2.45, 2.75) is 91.4 Å². The van der Waals surface area contributed by atoms with Gasteiger partial charge >= 0.3 is 0 Å². The number of anilines is 1. The Morgan fingerprint density at radius 1 is 1.08 bits per heavy atom. The van der Waals surface area contributed by atoms with E-state index in [0.29, 0.717) is 10.8 Å². The van der Waals surface area contributed by atoms with Crippen LogP contribution in [0.15, 0.2) is 72.4 Å². The average Bonchev–Trinajstić information content (AvgIpc) is 3.36. The molecule has 6 rings (SSSR count). The molecule has 5 aliphatic rings. The molecule has 0 radical (unpaired) electrons. The molecule has 1 aromatic carbocycles. The third-order valence-electron chi connectivity index (χ3n) is 12.5. The third-order valence-corrected chi connectivity index (χ3v) is 12.5. The molecule has 1 heteroatoms. The monoisotopic (exact) mass is 495 g/mol. The van der Waals surface area contributed by atoms with Gasteiger partial charge in [-0.15, -0.1) is 0 Å². The second-order valence-corrected chi connectivity index (χ2v) is 14.1. The lowest BCUT2D eigenvalue weighted by atomic mass is 9.44. The topological polar surface area (TPSA) is 26.0 Å². The maximum Gasteiger partial charge on any atom is 0.0314 e. The quantitative estimate of drug-likeness (QED) is 0.308. The molecule has 2 N–H and O–H groups in total. The maximum absolute atomic E-state index is 5.97. The van der Waals surface area contributed by atoms with Crippen LogP contribution in [0.2, 0.25) is 0 Å². The minimum atomic E-state index is 0.243. The summed E-state index contributed by atoms with van der Waals surface area (Å²) in [5, 5.41) is 0. The highest BCUT2D eigenvalue weighted by Gasteiger charge is 2.69. The summed E-state index contributed by atoms with van der Waals surface area (Å²) in [6, 6.07) is 8.55. The number of fused-ring (bicyclic) bond motifs is 7. The van der Waals surface area contributed by atoms with Gasteiger partial charge in [0, 0.05) is 11.1 Å². The first-order valence-corrected chi connectivity index (χ1v) is 15.3. The number of allylic oxidation sites excluding steroid dienone is 6. The Labute approximate surface area is 226 Å². The van der Waals surface area contributed by atoms with E-state index in [1.807, 2.05) is 0 Å². The Hall–Kier alpha value is -2.02. The normalized spacial score (nSPS) is 42.0. The largest absolute Gasteiger partial charge is 0.399 e. The minimum Gasteiger partial charge on any atom is -0.399 e. The predicted octanol–water partition coefficient (Wildman–Crippen LogP) is 9.48. The van der Waals surface area contributed by atoms with E-state index in [2.05, 4.69) is 69.8 Å². The zero-order valence-electron chi connectivity index (χ0n) is 23.7. The summed E-state index contributed by atoms with van der Waals surface area (Å²) < 4.78 is 0. The second-order valence-electron chi connectivity index (χ2n) is 14.1. The lowest BCUT2D eigenvalue weighted by Crippen LogP contribution is -2.52. The lowest BCUT2D eigenvalue weighted by molar-refractivity contribution is -0.0608. The molecule has 0 aromatic heterocycles. The molecule has 0 aliphatic heterocycles. The van der Waals surface area contributed by atoms with Crippen LogP contribution in [0.3, 0.4) is 0 Å². The van der Waals surface area contributed by atoms with Crippen molar-refractivity contribution in [3.8, 4) is 0 Å². The molecule has 1 aromatic rings. The van der Waals surface area contributed by atoms with Crippen LogP contribution in [0, 0.1) is 45.8 Å². The first kappa shape index (κ1) is 25.3. The summed E-state index contributed by atoms with van der Waals surface area (Å²) in [5.41, 5.74) is 13.7. The average molecular weight is 496 g/mol. The van der Waals surface area contributed by atoms with Crippen molar-refractivity contribution in [3.63, 3.8) is 0 Å². The molecular weight excluding hydrogens is 446 g/mol. The molecule has 8 unspecified atom stereocenters. The molecule has 5 aliphatic carbocycles. The van der Waals surface area contributed by atoms with Crippen molar-refractivity contribution in [1.29, 1.82) is 0 Å². The highest BCUT2D eigenvalue weighted by atomic mass is 14.7. The van der Waals surface area contributed by atoms with Gasteiger partial charge in [0.1, 0.15) is 0 Å². The Bertz CT molecular complexity index is 1140. The molecule has 37 heavy (non-hydrogen) atoms. The Balaban J connectivity index is 1.31. The van der Waals surface area contributed by atoms with Gasteiger partial charge in [-0.3, -0.25) is 0 Å².